The van der Waals surface area contributed by atoms with Gasteiger partial charge in [-0.25, -0.2) is 4.39 Å². The van der Waals surface area contributed by atoms with E-state index < -0.39 is 11.9 Å². The molecule has 1 aliphatic heterocycles. The predicted octanol–water partition coefficient (Wildman–Crippen LogP) is 1.02. The lowest BCUT2D eigenvalue weighted by atomic mass is 10.0. The van der Waals surface area contributed by atoms with Gasteiger partial charge >= 0.3 is 0 Å². The Bertz CT molecular complexity index is 489. The first-order chi connectivity index (χ1) is 8.99. The summed E-state index contributed by atoms with van der Waals surface area (Å²) in [6.45, 7) is 1.85. The average Bonchev–Trinajstić information content (AvgIpc) is 2.40. The minimum Gasteiger partial charge on any atom is -0.298 e. The summed E-state index contributed by atoms with van der Waals surface area (Å²) >= 11 is 0. The SMILES string of the molecule is CC(NC1CCC(=O)N(C)C1=O)c1ccc(F)cn1. The molecule has 0 bridgehead atoms. The van der Waals surface area contributed by atoms with E-state index in [1.165, 1.54) is 13.1 Å². The number of nitrogens with one attached hydrogen (secondary N) is 1. The molecule has 6 heteroatoms. The highest BCUT2D eigenvalue weighted by Gasteiger charge is 2.32. The molecule has 2 unspecified atom stereocenters. The van der Waals surface area contributed by atoms with Gasteiger partial charge in [-0.2, -0.15) is 0 Å². The van der Waals surface area contributed by atoms with Crippen molar-refractivity contribution < 1.29 is 14.0 Å². The maximum atomic E-state index is 12.8. The highest BCUT2D eigenvalue weighted by Crippen LogP contribution is 2.16. The molecule has 1 saturated heterocycles. The van der Waals surface area contributed by atoms with Crippen LogP contribution in [0.3, 0.4) is 0 Å². The topological polar surface area (TPSA) is 62.3 Å². The second-order valence-electron chi connectivity index (χ2n) is 4.67. The lowest BCUT2D eigenvalue weighted by molar-refractivity contribution is -0.148. The molecule has 2 heterocycles. The van der Waals surface area contributed by atoms with E-state index in [0.717, 1.165) is 11.1 Å². The minimum atomic E-state index is -0.399. The Morgan fingerprint density at radius 1 is 1.47 bits per heavy atom. The number of carbonyl (C=O) groups is 2. The van der Waals surface area contributed by atoms with Crippen molar-refractivity contribution >= 4 is 11.8 Å². The third-order valence-corrected chi connectivity index (χ3v) is 3.29. The molecular formula is C13H16FN3O2. The number of imide groups is 1. The van der Waals surface area contributed by atoms with Crippen molar-refractivity contribution in [3.63, 3.8) is 0 Å². The predicted molar refractivity (Wildman–Crippen MR) is 66.5 cm³/mol. The van der Waals surface area contributed by atoms with Gasteiger partial charge in [0.05, 0.1) is 17.9 Å². The molecule has 2 rings (SSSR count). The molecule has 2 amide bonds. The first kappa shape index (κ1) is 13.6. The highest BCUT2D eigenvalue weighted by molar-refractivity contribution is 6.00. The number of aromatic nitrogens is 1. The maximum absolute atomic E-state index is 12.8. The van der Waals surface area contributed by atoms with Gasteiger partial charge in [0, 0.05) is 19.5 Å². The van der Waals surface area contributed by atoms with Crippen molar-refractivity contribution in [3.05, 3.63) is 29.8 Å². The van der Waals surface area contributed by atoms with Crippen LogP contribution in [0.15, 0.2) is 18.3 Å². The number of amides is 2. The molecule has 0 spiro atoms. The van der Waals surface area contributed by atoms with Crippen LogP contribution in [0.1, 0.15) is 31.5 Å². The van der Waals surface area contributed by atoms with Crippen molar-refractivity contribution in [1.82, 2.24) is 15.2 Å². The molecule has 0 radical (unpaired) electrons. The first-order valence-corrected chi connectivity index (χ1v) is 6.17. The van der Waals surface area contributed by atoms with Gasteiger partial charge in [0.25, 0.3) is 0 Å². The number of hydrogen-bond donors (Lipinski definition) is 1. The fourth-order valence-corrected chi connectivity index (χ4v) is 2.10. The van der Waals surface area contributed by atoms with Crippen LogP contribution in [0.25, 0.3) is 0 Å². The first-order valence-electron chi connectivity index (χ1n) is 6.17. The number of hydrogen-bond acceptors (Lipinski definition) is 4. The summed E-state index contributed by atoms with van der Waals surface area (Å²) in [6, 6.07) is 2.33. The Balaban J connectivity index is 2.02. The number of piperidine rings is 1. The number of likely N-dealkylation sites (N-methyl/N-ethyl adjacent to an activating group) is 1. The summed E-state index contributed by atoms with van der Waals surface area (Å²) < 4.78 is 12.8. The number of halogens is 1. The van der Waals surface area contributed by atoms with Crippen LogP contribution in [-0.2, 0) is 9.59 Å². The van der Waals surface area contributed by atoms with E-state index >= 15 is 0 Å². The van der Waals surface area contributed by atoms with E-state index in [-0.39, 0.29) is 17.9 Å². The normalized spacial score (nSPS) is 21.6. The molecule has 1 N–H and O–H groups in total. The standard InChI is InChI=1S/C13H16FN3O2/c1-8(10-4-3-9(14)7-15-10)16-11-5-6-12(18)17(2)13(11)19/h3-4,7-8,11,16H,5-6H2,1-2H3. The second-order valence-corrected chi connectivity index (χ2v) is 4.67. The van der Waals surface area contributed by atoms with E-state index in [4.69, 9.17) is 0 Å². The van der Waals surface area contributed by atoms with Gasteiger partial charge < -0.3 is 0 Å². The molecule has 0 saturated carbocycles. The summed E-state index contributed by atoms with van der Waals surface area (Å²) in [5.74, 6) is -0.782. The molecule has 0 aliphatic carbocycles. The summed E-state index contributed by atoms with van der Waals surface area (Å²) in [5.41, 5.74) is 0.661. The smallest absolute Gasteiger partial charge is 0.246 e. The van der Waals surface area contributed by atoms with E-state index in [2.05, 4.69) is 10.3 Å². The van der Waals surface area contributed by atoms with E-state index in [1.54, 1.807) is 6.07 Å². The van der Waals surface area contributed by atoms with Crippen LogP contribution in [0.5, 0.6) is 0 Å². The Kier molecular flexibility index (Phi) is 3.90. The zero-order valence-corrected chi connectivity index (χ0v) is 10.9. The van der Waals surface area contributed by atoms with E-state index in [1.807, 2.05) is 6.92 Å². The van der Waals surface area contributed by atoms with Crippen LogP contribution >= 0.6 is 0 Å². The van der Waals surface area contributed by atoms with Crippen LogP contribution in [0.2, 0.25) is 0 Å². The second kappa shape index (κ2) is 5.44. The molecule has 5 nitrogen and oxygen atoms in total. The van der Waals surface area contributed by atoms with Gasteiger partial charge in [0.15, 0.2) is 0 Å². The average molecular weight is 265 g/mol. The minimum absolute atomic E-state index is 0.157. The summed E-state index contributed by atoms with van der Waals surface area (Å²) in [6.07, 6.45) is 1.98. The molecule has 1 aromatic rings. The maximum Gasteiger partial charge on any atom is 0.246 e. The summed E-state index contributed by atoms with van der Waals surface area (Å²) in [5, 5.41) is 3.13. The molecule has 1 aromatic heterocycles. The zero-order chi connectivity index (χ0) is 14.0. The lowest BCUT2D eigenvalue weighted by Gasteiger charge is -2.30. The Hall–Kier alpha value is -1.82. The summed E-state index contributed by atoms with van der Waals surface area (Å²) in [4.78, 5) is 28.4. The molecule has 1 fully saturated rings. The Morgan fingerprint density at radius 3 is 2.84 bits per heavy atom. The molecule has 19 heavy (non-hydrogen) atoms. The zero-order valence-electron chi connectivity index (χ0n) is 10.9. The van der Waals surface area contributed by atoms with Crippen molar-refractivity contribution in [1.29, 1.82) is 0 Å². The number of pyridine rings is 1. The van der Waals surface area contributed by atoms with Gasteiger partial charge in [0.1, 0.15) is 5.82 Å². The third kappa shape index (κ3) is 2.96. The highest BCUT2D eigenvalue weighted by atomic mass is 19.1. The van der Waals surface area contributed by atoms with Gasteiger partial charge in [0.2, 0.25) is 11.8 Å². The fourth-order valence-electron chi connectivity index (χ4n) is 2.10. The van der Waals surface area contributed by atoms with Crippen LogP contribution < -0.4 is 5.32 Å². The van der Waals surface area contributed by atoms with E-state index in [0.29, 0.717) is 18.5 Å². The fraction of sp³-hybridized carbons (Fsp3) is 0.462. The van der Waals surface area contributed by atoms with Gasteiger partial charge in [-0.05, 0) is 25.5 Å². The van der Waals surface area contributed by atoms with Crippen LogP contribution in [0.4, 0.5) is 4.39 Å². The van der Waals surface area contributed by atoms with E-state index in [9.17, 15) is 14.0 Å². The van der Waals surface area contributed by atoms with Crippen LogP contribution in [-0.4, -0.2) is 34.8 Å². The number of nitrogens with zero attached hydrogens (tertiary/aromatic N) is 2. The Morgan fingerprint density at radius 2 is 2.21 bits per heavy atom. The van der Waals surface area contributed by atoms with Crippen molar-refractivity contribution in [3.8, 4) is 0 Å². The molecular weight excluding hydrogens is 249 g/mol. The van der Waals surface area contributed by atoms with Crippen molar-refractivity contribution in [2.75, 3.05) is 7.05 Å². The summed E-state index contributed by atoms with van der Waals surface area (Å²) in [7, 11) is 1.49. The van der Waals surface area contributed by atoms with Gasteiger partial charge in [-0.3, -0.25) is 24.8 Å². The van der Waals surface area contributed by atoms with Gasteiger partial charge in [-0.15, -0.1) is 0 Å². The number of rotatable bonds is 3. The lowest BCUT2D eigenvalue weighted by Crippen LogP contribution is -2.51. The number of carbonyl (C=O) groups excluding carboxylic acids is 2. The van der Waals surface area contributed by atoms with Crippen molar-refractivity contribution in [2.24, 2.45) is 0 Å². The molecule has 102 valence electrons. The third-order valence-electron chi connectivity index (χ3n) is 3.29. The molecule has 0 aromatic carbocycles. The quantitative estimate of drug-likeness (QED) is 0.829. The Labute approximate surface area is 110 Å². The van der Waals surface area contributed by atoms with Crippen molar-refractivity contribution in [2.45, 2.75) is 31.8 Å². The molecule has 1 aliphatic rings. The molecule has 2 atom stereocenters. The van der Waals surface area contributed by atoms with Gasteiger partial charge in [-0.1, -0.05) is 0 Å². The largest absolute Gasteiger partial charge is 0.298 e. The monoisotopic (exact) mass is 265 g/mol. The number of likely N-dealkylation sites (tertiary alicyclic amines) is 1. The van der Waals surface area contributed by atoms with Crippen LogP contribution in [0, 0.1) is 5.82 Å².